The molecule has 0 spiro atoms. The lowest BCUT2D eigenvalue weighted by Gasteiger charge is -2.29. The summed E-state index contributed by atoms with van der Waals surface area (Å²) in [4.78, 5) is 23.0. The second kappa shape index (κ2) is 5.72. The van der Waals surface area contributed by atoms with E-state index in [0.29, 0.717) is 37.3 Å². The van der Waals surface area contributed by atoms with E-state index in [-0.39, 0.29) is 17.9 Å². The number of rotatable bonds is 4. The fourth-order valence-electron chi connectivity index (χ4n) is 4.23. The van der Waals surface area contributed by atoms with Crippen LogP contribution in [0.4, 0.5) is 0 Å². The van der Waals surface area contributed by atoms with E-state index < -0.39 is 5.97 Å². The van der Waals surface area contributed by atoms with Gasteiger partial charge >= 0.3 is 5.97 Å². The predicted octanol–water partition coefficient (Wildman–Crippen LogP) is 1.28. The van der Waals surface area contributed by atoms with E-state index in [0.717, 1.165) is 19.3 Å². The minimum Gasteiger partial charge on any atom is -0.481 e. The first kappa shape index (κ1) is 13.9. The second-order valence-corrected chi connectivity index (χ2v) is 6.79. The standard InChI is InChI=1S/C15H24N2O3/c18-14(17-13-2-1-10(8-13)15(19)20)7-9-5-11-3-4-12(6-9)16-11/h9-13,16H,1-8H2,(H,17,18)(H,19,20)/t9?,10-,11?,12?,13+/m1/s1. The van der Waals surface area contributed by atoms with Crippen molar-refractivity contribution in [3.63, 3.8) is 0 Å². The monoisotopic (exact) mass is 280 g/mol. The third-order valence-corrected chi connectivity index (χ3v) is 5.19. The van der Waals surface area contributed by atoms with Gasteiger partial charge in [0.05, 0.1) is 5.92 Å². The molecule has 2 bridgehead atoms. The number of nitrogens with one attached hydrogen (secondary N) is 2. The highest BCUT2D eigenvalue weighted by molar-refractivity contribution is 5.77. The third-order valence-electron chi connectivity index (χ3n) is 5.19. The van der Waals surface area contributed by atoms with Crippen LogP contribution in [-0.4, -0.2) is 35.1 Å². The van der Waals surface area contributed by atoms with Gasteiger partial charge in [0.15, 0.2) is 0 Å². The molecule has 3 aliphatic rings. The highest BCUT2D eigenvalue weighted by Crippen LogP contribution is 2.33. The van der Waals surface area contributed by atoms with Crippen LogP contribution in [-0.2, 0) is 9.59 Å². The molecule has 5 heteroatoms. The average molecular weight is 280 g/mol. The van der Waals surface area contributed by atoms with Crippen molar-refractivity contribution in [2.75, 3.05) is 0 Å². The Balaban J connectivity index is 1.43. The number of aliphatic carboxylic acids is 1. The molecule has 3 N–H and O–H groups in total. The first-order valence-electron chi connectivity index (χ1n) is 7.88. The summed E-state index contributed by atoms with van der Waals surface area (Å²) >= 11 is 0. The second-order valence-electron chi connectivity index (χ2n) is 6.79. The average Bonchev–Trinajstić information content (AvgIpc) is 2.96. The number of carbonyl (C=O) groups is 2. The highest BCUT2D eigenvalue weighted by atomic mass is 16.4. The quantitative estimate of drug-likeness (QED) is 0.725. The zero-order valence-corrected chi connectivity index (χ0v) is 11.8. The number of hydrogen-bond donors (Lipinski definition) is 3. The summed E-state index contributed by atoms with van der Waals surface area (Å²) in [5.74, 6) is -0.371. The van der Waals surface area contributed by atoms with E-state index in [1.807, 2.05) is 0 Å². The molecule has 0 aromatic rings. The van der Waals surface area contributed by atoms with Crippen LogP contribution in [0.1, 0.15) is 51.4 Å². The molecule has 2 unspecified atom stereocenters. The van der Waals surface area contributed by atoms with Crippen molar-refractivity contribution in [3.05, 3.63) is 0 Å². The number of carboxylic acids is 1. The zero-order valence-electron chi connectivity index (χ0n) is 11.8. The highest BCUT2D eigenvalue weighted by Gasteiger charge is 2.35. The molecule has 4 atom stereocenters. The number of amides is 1. The van der Waals surface area contributed by atoms with Gasteiger partial charge in [-0.2, -0.15) is 0 Å². The Morgan fingerprint density at radius 2 is 1.75 bits per heavy atom. The van der Waals surface area contributed by atoms with Crippen molar-refractivity contribution in [2.45, 2.75) is 69.5 Å². The molecule has 0 radical (unpaired) electrons. The van der Waals surface area contributed by atoms with Crippen LogP contribution in [0.5, 0.6) is 0 Å². The van der Waals surface area contributed by atoms with Crippen LogP contribution in [0.2, 0.25) is 0 Å². The molecule has 0 aromatic carbocycles. The van der Waals surface area contributed by atoms with Crippen LogP contribution in [0.3, 0.4) is 0 Å². The molecule has 1 aliphatic carbocycles. The van der Waals surface area contributed by atoms with Gasteiger partial charge in [-0.05, 0) is 50.9 Å². The van der Waals surface area contributed by atoms with Crippen molar-refractivity contribution in [3.8, 4) is 0 Å². The van der Waals surface area contributed by atoms with Crippen LogP contribution < -0.4 is 10.6 Å². The Morgan fingerprint density at radius 3 is 2.35 bits per heavy atom. The van der Waals surface area contributed by atoms with Gasteiger partial charge in [-0.15, -0.1) is 0 Å². The van der Waals surface area contributed by atoms with E-state index >= 15 is 0 Å². The van der Waals surface area contributed by atoms with E-state index in [4.69, 9.17) is 5.11 Å². The third kappa shape index (κ3) is 3.14. The van der Waals surface area contributed by atoms with E-state index in [1.54, 1.807) is 0 Å². The first-order chi connectivity index (χ1) is 9.60. The van der Waals surface area contributed by atoms with Crippen molar-refractivity contribution in [2.24, 2.45) is 11.8 Å². The molecule has 112 valence electrons. The SMILES string of the molecule is O=C(CC1CC2CCC(C1)N2)N[C@H]1CC[C@@H](C(=O)O)C1. The summed E-state index contributed by atoms with van der Waals surface area (Å²) in [5, 5.41) is 15.6. The number of carbonyl (C=O) groups excluding carboxylic acids is 1. The van der Waals surface area contributed by atoms with Gasteiger partial charge in [-0.3, -0.25) is 9.59 Å². The van der Waals surface area contributed by atoms with E-state index in [9.17, 15) is 9.59 Å². The Labute approximate surface area is 119 Å². The smallest absolute Gasteiger partial charge is 0.306 e. The number of carboxylic acid groups (broad SMARTS) is 1. The van der Waals surface area contributed by atoms with Crippen LogP contribution >= 0.6 is 0 Å². The Kier molecular flexibility index (Phi) is 3.96. The van der Waals surface area contributed by atoms with Crippen molar-refractivity contribution in [1.82, 2.24) is 10.6 Å². The summed E-state index contributed by atoms with van der Waals surface area (Å²) in [7, 11) is 0. The van der Waals surface area contributed by atoms with Gasteiger partial charge in [0.1, 0.15) is 0 Å². The summed E-state index contributed by atoms with van der Waals surface area (Å²) in [6.45, 7) is 0. The molecule has 2 saturated heterocycles. The fraction of sp³-hybridized carbons (Fsp3) is 0.867. The maximum atomic E-state index is 12.1. The van der Waals surface area contributed by atoms with Gasteiger partial charge in [0, 0.05) is 24.5 Å². The minimum atomic E-state index is -0.725. The maximum Gasteiger partial charge on any atom is 0.306 e. The van der Waals surface area contributed by atoms with Crippen molar-refractivity contribution < 1.29 is 14.7 Å². The molecule has 5 nitrogen and oxygen atoms in total. The molecule has 2 heterocycles. The number of hydrogen-bond acceptors (Lipinski definition) is 3. The van der Waals surface area contributed by atoms with Gasteiger partial charge in [-0.25, -0.2) is 0 Å². The largest absolute Gasteiger partial charge is 0.481 e. The molecule has 3 rings (SSSR count). The molecular formula is C15H24N2O3. The molecule has 1 saturated carbocycles. The molecule has 3 fully saturated rings. The lowest BCUT2D eigenvalue weighted by molar-refractivity contribution is -0.141. The molecule has 20 heavy (non-hydrogen) atoms. The zero-order chi connectivity index (χ0) is 14.1. The van der Waals surface area contributed by atoms with E-state index in [2.05, 4.69) is 10.6 Å². The lowest BCUT2D eigenvalue weighted by atomic mass is 9.89. The Bertz CT molecular complexity index is 387. The van der Waals surface area contributed by atoms with Crippen LogP contribution in [0, 0.1) is 11.8 Å². The summed E-state index contributed by atoms with van der Waals surface area (Å²) < 4.78 is 0. The first-order valence-corrected chi connectivity index (χ1v) is 7.88. The topological polar surface area (TPSA) is 78.4 Å². The Morgan fingerprint density at radius 1 is 1.05 bits per heavy atom. The van der Waals surface area contributed by atoms with Gasteiger partial charge in [0.25, 0.3) is 0 Å². The van der Waals surface area contributed by atoms with Crippen LogP contribution in [0.25, 0.3) is 0 Å². The molecule has 1 amide bonds. The number of piperidine rings is 1. The van der Waals surface area contributed by atoms with Gasteiger partial charge in [-0.1, -0.05) is 0 Å². The normalized spacial score (nSPS) is 39.7. The van der Waals surface area contributed by atoms with Crippen molar-refractivity contribution >= 4 is 11.9 Å². The van der Waals surface area contributed by atoms with E-state index in [1.165, 1.54) is 12.8 Å². The molecule has 2 aliphatic heterocycles. The van der Waals surface area contributed by atoms with Gasteiger partial charge in [0.2, 0.25) is 5.91 Å². The lowest BCUT2D eigenvalue weighted by Crippen LogP contribution is -2.41. The Hall–Kier alpha value is -1.10. The molecule has 0 aromatic heterocycles. The summed E-state index contributed by atoms with van der Waals surface area (Å²) in [6.07, 6.45) is 7.45. The predicted molar refractivity (Wildman–Crippen MR) is 74.2 cm³/mol. The minimum absolute atomic E-state index is 0.0713. The van der Waals surface area contributed by atoms with Gasteiger partial charge < -0.3 is 15.7 Å². The number of fused-ring (bicyclic) bond motifs is 2. The van der Waals surface area contributed by atoms with Crippen LogP contribution in [0.15, 0.2) is 0 Å². The summed E-state index contributed by atoms with van der Waals surface area (Å²) in [5.41, 5.74) is 0. The molecular weight excluding hydrogens is 256 g/mol. The summed E-state index contributed by atoms with van der Waals surface area (Å²) in [6, 6.07) is 1.31. The fourth-order valence-corrected chi connectivity index (χ4v) is 4.23. The maximum absolute atomic E-state index is 12.1. The van der Waals surface area contributed by atoms with Crippen molar-refractivity contribution in [1.29, 1.82) is 0 Å².